The number of rotatable bonds is 7. The summed E-state index contributed by atoms with van der Waals surface area (Å²) in [6.07, 6.45) is 1.94. The smallest absolute Gasteiger partial charge is 0.326 e. The molecule has 8 heteroatoms. The van der Waals surface area contributed by atoms with E-state index in [2.05, 4.69) is 0 Å². The summed E-state index contributed by atoms with van der Waals surface area (Å²) in [4.78, 5) is 39.5. The second kappa shape index (κ2) is 8.50. The second-order valence-corrected chi connectivity index (χ2v) is 7.21. The van der Waals surface area contributed by atoms with Crippen LogP contribution in [0.25, 0.3) is 0 Å². The fourth-order valence-electron chi connectivity index (χ4n) is 3.98. The van der Waals surface area contributed by atoms with E-state index < -0.39 is 17.9 Å². The molecule has 0 unspecified atom stereocenters. The van der Waals surface area contributed by atoms with Crippen LogP contribution in [0, 0.1) is 5.92 Å². The van der Waals surface area contributed by atoms with E-state index in [4.69, 9.17) is 9.47 Å². The quantitative estimate of drug-likeness (QED) is 0.751. The van der Waals surface area contributed by atoms with Gasteiger partial charge in [0.05, 0.1) is 20.1 Å². The number of hydrogen-bond donors (Lipinski definition) is 1. The molecule has 2 amide bonds. The van der Waals surface area contributed by atoms with Crippen molar-refractivity contribution in [3.8, 4) is 11.5 Å². The molecule has 2 heterocycles. The first-order valence-electron chi connectivity index (χ1n) is 9.46. The van der Waals surface area contributed by atoms with Crippen LogP contribution in [0.2, 0.25) is 0 Å². The number of nitrogens with zero attached hydrogens (tertiary/aromatic N) is 2. The van der Waals surface area contributed by atoms with Gasteiger partial charge < -0.3 is 24.4 Å². The standard InChI is InChI=1S/C20H26N2O6/c1-27-16-6-5-13(10-17(16)28-2)7-9-21-12-14(11-18(21)23)19(24)22-8-3-4-15(22)20(25)26/h5-6,10,14-15H,3-4,7-9,11-12H2,1-2H3,(H,25,26)/t14-,15-/m0/s1. The number of likely N-dealkylation sites (tertiary alicyclic amines) is 2. The Kier molecular flexibility index (Phi) is 6.06. The molecule has 0 bridgehead atoms. The van der Waals surface area contributed by atoms with Crippen LogP contribution in [0.3, 0.4) is 0 Å². The maximum Gasteiger partial charge on any atom is 0.326 e. The average Bonchev–Trinajstić information content (AvgIpc) is 3.32. The van der Waals surface area contributed by atoms with Gasteiger partial charge in [-0.05, 0) is 37.0 Å². The van der Waals surface area contributed by atoms with E-state index in [9.17, 15) is 19.5 Å². The van der Waals surface area contributed by atoms with E-state index in [0.717, 1.165) is 5.56 Å². The largest absolute Gasteiger partial charge is 0.493 e. The van der Waals surface area contributed by atoms with E-state index in [1.807, 2.05) is 18.2 Å². The zero-order valence-corrected chi connectivity index (χ0v) is 16.2. The van der Waals surface area contributed by atoms with E-state index in [-0.39, 0.29) is 18.2 Å². The normalized spacial score (nSPS) is 21.9. The van der Waals surface area contributed by atoms with Crippen molar-refractivity contribution >= 4 is 17.8 Å². The molecule has 1 N–H and O–H groups in total. The van der Waals surface area contributed by atoms with Crippen LogP contribution in [0.5, 0.6) is 11.5 Å². The molecular weight excluding hydrogens is 364 g/mol. The summed E-state index contributed by atoms with van der Waals surface area (Å²) in [5, 5.41) is 9.28. The number of hydrogen-bond acceptors (Lipinski definition) is 5. The molecular formula is C20H26N2O6. The number of ether oxygens (including phenoxy) is 2. The molecule has 1 aromatic carbocycles. The SMILES string of the molecule is COc1ccc(CCN2C[C@@H](C(=O)N3CCC[C@H]3C(=O)O)CC2=O)cc1OC. The Morgan fingerprint density at radius 2 is 1.96 bits per heavy atom. The van der Waals surface area contributed by atoms with Gasteiger partial charge >= 0.3 is 5.97 Å². The molecule has 0 radical (unpaired) electrons. The van der Waals surface area contributed by atoms with Crippen LogP contribution in [0.4, 0.5) is 0 Å². The number of methoxy groups -OCH3 is 2. The molecule has 2 saturated heterocycles. The van der Waals surface area contributed by atoms with Gasteiger partial charge in [-0.1, -0.05) is 6.07 Å². The number of benzene rings is 1. The summed E-state index contributed by atoms with van der Waals surface area (Å²) in [6, 6.07) is 4.87. The van der Waals surface area contributed by atoms with Crippen molar-refractivity contribution in [1.29, 1.82) is 0 Å². The summed E-state index contributed by atoms with van der Waals surface area (Å²) in [5.41, 5.74) is 1.01. The Morgan fingerprint density at radius 1 is 1.21 bits per heavy atom. The number of carbonyl (C=O) groups excluding carboxylic acids is 2. The molecule has 2 fully saturated rings. The van der Waals surface area contributed by atoms with Crippen molar-refractivity contribution in [1.82, 2.24) is 9.80 Å². The predicted molar refractivity (Wildman–Crippen MR) is 100 cm³/mol. The van der Waals surface area contributed by atoms with Crippen molar-refractivity contribution in [3.05, 3.63) is 23.8 Å². The molecule has 0 aromatic heterocycles. The third-order valence-corrected chi connectivity index (χ3v) is 5.50. The molecule has 0 spiro atoms. The van der Waals surface area contributed by atoms with Gasteiger partial charge in [-0.2, -0.15) is 0 Å². The number of aliphatic carboxylic acids is 1. The molecule has 3 rings (SSSR count). The third kappa shape index (κ3) is 4.05. The van der Waals surface area contributed by atoms with Crippen LogP contribution in [-0.4, -0.2) is 72.6 Å². The van der Waals surface area contributed by atoms with E-state index >= 15 is 0 Å². The minimum absolute atomic E-state index is 0.0649. The fraction of sp³-hybridized carbons (Fsp3) is 0.550. The van der Waals surface area contributed by atoms with Gasteiger partial charge in [0.2, 0.25) is 11.8 Å². The fourth-order valence-corrected chi connectivity index (χ4v) is 3.98. The first-order chi connectivity index (χ1) is 13.4. The maximum absolute atomic E-state index is 12.7. The van der Waals surface area contributed by atoms with Crippen molar-refractivity contribution in [2.24, 2.45) is 5.92 Å². The molecule has 2 aliphatic rings. The minimum Gasteiger partial charge on any atom is -0.493 e. The topological polar surface area (TPSA) is 96.4 Å². The van der Waals surface area contributed by atoms with Gasteiger partial charge in [-0.3, -0.25) is 9.59 Å². The van der Waals surface area contributed by atoms with Gasteiger partial charge in [-0.25, -0.2) is 4.79 Å². The van der Waals surface area contributed by atoms with Crippen LogP contribution in [-0.2, 0) is 20.8 Å². The highest BCUT2D eigenvalue weighted by molar-refractivity contribution is 5.91. The molecule has 28 heavy (non-hydrogen) atoms. The molecule has 0 aliphatic carbocycles. The number of carbonyl (C=O) groups is 3. The third-order valence-electron chi connectivity index (χ3n) is 5.50. The Labute approximate surface area is 164 Å². The van der Waals surface area contributed by atoms with Crippen LogP contribution in [0.15, 0.2) is 18.2 Å². The monoisotopic (exact) mass is 390 g/mol. The van der Waals surface area contributed by atoms with Gasteiger partial charge in [0.15, 0.2) is 11.5 Å². The van der Waals surface area contributed by atoms with Crippen LogP contribution >= 0.6 is 0 Å². The highest BCUT2D eigenvalue weighted by atomic mass is 16.5. The highest BCUT2D eigenvalue weighted by Crippen LogP contribution is 2.29. The lowest BCUT2D eigenvalue weighted by Gasteiger charge is -2.24. The molecule has 8 nitrogen and oxygen atoms in total. The first-order valence-corrected chi connectivity index (χ1v) is 9.46. The van der Waals surface area contributed by atoms with Gasteiger partial charge in [0.1, 0.15) is 6.04 Å². The molecule has 152 valence electrons. The molecule has 2 atom stereocenters. The van der Waals surface area contributed by atoms with E-state index in [1.54, 1.807) is 19.1 Å². The van der Waals surface area contributed by atoms with Gasteiger partial charge in [0.25, 0.3) is 0 Å². The number of amides is 2. The summed E-state index contributed by atoms with van der Waals surface area (Å²) in [5.74, 6) is -0.433. The highest BCUT2D eigenvalue weighted by Gasteiger charge is 2.41. The summed E-state index contributed by atoms with van der Waals surface area (Å²) in [6.45, 7) is 1.29. The summed E-state index contributed by atoms with van der Waals surface area (Å²) < 4.78 is 10.5. The molecule has 2 aliphatic heterocycles. The van der Waals surface area contributed by atoms with Crippen molar-refractivity contribution in [2.45, 2.75) is 31.7 Å². The second-order valence-electron chi connectivity index (χ2n) is 7.21. The number of carboxylic acids is 1. The first kappa shape index (κ1) is 20.0. The Bertz CT molecular complexity index is 765. The van der Waals surface area contributed by atoms with E-state index in [1.165, 1.54) is 4.90 Å². The van der Waals surface area contributed by atoms with Crippen LogP contribution in [0.1, 0.15) is 24.8 Å². The summed E-state index contributed by atoms with van der Waals surface area (Å²) in [7, 11) is 3.15. The molecule has 0 saturated carbocycles. The average molecular weight is 390 g/mol. The summed E-state index contributed by atoms with van der Waals surface area (Å²) >= 11 is 0. The Hall–Kier alpha value is -2.77. The lowest BCUT2D eigenvalue weighted by atomic mass is 10.1. The van der Waals surface area contributed by atoms with Crippen LogP contribution < -0.4 is 9.47 Å². The van der Waals surface area contributed by atoms with Crippen molar-refractivity contribution in [2.75, 3.05) is 33.9 Å². The van der Waals surface area contributed by atoms with Crippen molar-refractivity contribution < 1.29 is 29.0 Å². The Balaban J connectivity index is 1.59. The molecule has 1 aromatic rings. The lowest BCUT2D eigenvalue weighted by Crippen LogP contribution is -2.44. The van der Waals surface area contributed by atoms with Crippen molar-refractivity contribution in [3.63, 3.8) is 0 Å². The lowest BCUT2D eigenvalue weighted by molar-refractivity contribution is -0.149. The van der Waals surface area contributed by atoms with E-state index in [0.29, 0.717) is 50.4 Å². The number of carboxylic acid groups (broad SMARTS) is 1. The Morgan fingerprint density at radius 3 is 2.64 bits per heavy atom. The zero-order chi connectivity index (χ0) is 20.3. The van der Waals surface area contributed by atoms with Gasteiger partial charge in [0, 0.05) is 26.1 Å². The zero-order valence-electron chi connectivity index (χ0n) is 16.2. The maximum atomic E-state index is 12.7. The predicted octanol–water partition coefficient (Wildman–Crippen LogP) is 1.17. The minimum atomic E-state index is -0.972. The van der Waals surface area contributed by atoms with Gasteiger partial charge in [-0.15, -0.1) is 0 Å².